The molecule has 0 radical (unpaired) electrons. The molecule has 2 heteroatoms. The van der Waals surface area contributed by atoms with Gasteiger partial charge in [-0.05, 0) is 69.1 Å². The van der Waals surface area contributed by atoms with E-state index in [-0.39, 0.29) is 5.97 Å². The van der Waals surface area contributed by atoms with E-state index in [0.29, 0.717) is 12.0 Å². The van der Waals surface area contributed by atoms with Crippen LogP contribution in [-0.4, -0.2) is 12.6 Å². The van der Waals surface area contributed by atoms with Gasteiger partial charge in [0.25, 0.3) is 0 Å². The molecule has 2 fully saturated rings. The molecule has 0 heterocycles. The Morgan fingerprint density at radius 1 is 1.30 bits per heavy atom. The zero-order chi connectivity index (χ0) is 14.9. The van der Waals surface area contributed by atoms with Crippen LogP contribution in [-0.2, 0) is 9.53 Å². The number of carbonyl (C=O) groups excluding carboxylic acids is 1. The molecule has 2 aliphatic rings. The first-order valence-corrected chi connectivity index (χ1v) is 8.23. The molecule has 2 rings (SSSR count). The van der Waals surface area contributed by atoms with E-state index >= 15 is 0 Å². The van der Waals surface area contributed by atoms with Crippen LogP contribution < -0.4 is 0 Å². The molecule has 0 aromatic carbocycles. The van der Waals surface area contributed by atoms with Crippen molar-refractivity contribution in [1.29, 1.82) is 0 Å². The molecule has 0 amide bonds. The molecular weight excluding hydrogens is 248 g/mol. The van der Waals surface area contributed by atoms with Crippen LogP contribution >= 0.6 is 0 Å². The Kier molecular flexibility index (Phi) is 4.61. The molecular formula is C18H30O2. The van der Waals surface area contributed by atoms with Gasteiger partial charge < -0.3 is 4.74 Å². The van der Waals surface area contributed by atoms with E-state index in [1.807, 2.05) is 13.8 Å². The highest BCUT2D eigenvalue weighted by atomic mass is 16.5. The van der Waals surface area contributed by atoms with E-state index in [4.69, 9.17) is 4.74 Å². The summed E-state index contributed by atoms with van der Waals surface area (Å²) < 4.78 is 5.17. The standard InChI is InChI=1S/C18H30O2/c1-6-20-17(19)13(3)15-10-9-14-8-7-12(2)18(4,5)16(14)11-15/h12,14,16H,6-11H2,1-5H3/b15-13-. The largest absolute Gasteiger partial charge is 0.463 e. The van der Waals surface area contributed by atoms with Crippen LogP contribution in [0.4, 0.5) is 0 Å². The quantitative estimate of drug-likeness (QED) is 0.539. The Balaban J connectivity index is 2.19. The molecule has 0 saturated heterocycles. The van der Waals surface area contributed by atoms with Crippen molar-refractivity contribution < 1.29 is 9.53 Å². The second-order valence-electron chi connectivity index (χ2n) is 7.36. The Labute approximate surface area is 124 Å². The van der Waals surface area contributed by atoms with Gasteiger partial charge in [0.05, 0.1) is 6.61 Å². The van der Waals surface area contributed by atoms with Gasteiger partial charge in [-0.25, -0.2) is 4.79 Å². The van der Waals surface area contributed by atoms with E-state index in [2.05, 4.69) is 20.8 Å². The van der Waals surface area contributed by atoms with Crippen molar-refractivity contribution in [2.45, 2.75) is 66.7 Å². The summed E-state index contributed by atoms with van der Waals surface area (Å²) in [6, 6.07) is 0. The van der Waals surface area contributed by atoms with E-state index in [1.54, 1.807) is 0 Å². The molecule has 0 spiro atoms. The van der Waals surface area contributed by atoms with Gasteiger partial charge in [0.2, 0.25) is 0 Å². The van der Waals surface area contributed by atoms with Crippen molar-refractivity contribution in [3.8, 4) is 0 Å². The van der Waals surface area contributed by atoms with Gasteiger partial charge in [0.15, 0.2) is 0 Å². The average molecular weight is 278 g/mol. The van der Waals surface area contributed by atoms with E-state index in [0.717, 1.165) is 36.2 Å². The molecule has 0 N–H and O–H groups in total. The van der Waals surface area contributed by atoms with Crippen LogP contribution in [0, 0.1) is 23.2 Å². The fourth-order valence-corrected chi connectivity index (χ4v) is 4.24. The third-order valence-electron chi connectivity index (χ3n) is 6.16. The van der Waals surface area contributed by atoms with E-state index in [9.17, 15) is 4.79 Å². The molecule has 0 aromatic rings. The molecule has 20 heavy (non-hydrogen) atoms. The Morgan fingerprint density at radius 2 is 2.00 bits per heavy atom. The highest BCUT2D eigenvalue weighted by Gasteiger charge is 2.45. The summed E-state index contributed by atoms with van der Waals surface area (Å²) in [4.78, 5) is 11.9. The third-order valence-corrected chi connectivity index (χ3v) is 6.16. The minimum atomic E-state index is -0.109. The monoisotopic (exact) mass is 278 g/mol. The topological polar surface area (TPSA) is 26.3 Å². The first-order chi connectivity index (χ1) is 9.37. The smallest absolute Gasteiger partial charge is 0.333 e. The summed E-state index contributed by atoms with van der Waals surface area (Å²) >= 11 is 0. The van der Waals surface area contributed by atoms with E-state index < -0.39 is 0 Å². The van der Waals surface area contributed by atoms with Crippen LogP contribution in [0.2, 0.25) is 0 Å². The summed E-state index contributed by atoms with van der Waals surface area (Å²) in [6.45, 7) is 11.5. The molecule has 114 valence electrons. The van der Waals surface area contributed by atoms with Crippen molar-refractivity contribution in [2.75, 3.05) is 6.61 Å². The van der Waals surface area contributed by atoms with Crippen LogP contribution in [0.1, 0.15) is 66.7 Å². The van der Waals surface area contributed by atoms with Crippen LogP contribution in [0.5, 0.6) is 0 Å². The zero-order valence-electron chi connectivity index (χ0n) is 13.8. The number of fused-ring (bicyclic) bond motifs is 1. The molecule has 2 nitrogen and oxygen atoms in total. The number of allylic oxidation sites excluding steroid dienone is 1. The van der Waals surface area contributed by atoms with Gasteiger partial charge in [0, 0.05) is 5.57 Å². The number of rotatable bonds is 2. The molecule has 3 atom stereocenters. The van der Waals surface area contributed by atoms with Gasteiger partial charge in [-0.15, -0.1) is 0 Å². The SMILES string of the molecule is CCOC(=O)/C(C)=C1/CCC2CCC(C)C(C)(C)C2C1. The second-order valence-corrected chi connectivity index (χ2v) is 7.36. The highest BCUT2D eigenvalue weighted by molar-refractivity contribution is 5.88. The second kappa shape index (κ2) is 5.91. The predicted octanol–water partition coefficient (Wildman–Crippen LogP) is 4.74. The van der Waals surface area contributed by atoms with Crippen LogP contribution in [0.3, 0.4) is 0 Å². The van der Waals surface area contributed by atoms with Gasteiger partial charge in [-0.3, -0.25) is 0 Å². The number of ether oxygens (including phenoxy) is 1. The van der Waals surface area contributed by atoms with Gasteiger partial charge in [-0.1, -0.05) is 26.3 Å². The first-order valence-electron chi connectivity index (χ1n) is 8.23. The van der Waals surface area contributed by atoms with Crippen molar-refractivity contribution in [2.24, 2.45) is 23.2 Å². The zero-order valence-corrected chi connectivity index (χ0v) is 13.8. The number of carbonyl (C=O) groups is 1. The summed E-state index contributed by atoms with van der Waals surface area (Å²) in [7, 11) is 0. The lowest BCUT2D eigenvalue weighted by atomic mass is 9.54. The van der Waals surface area contributed by atoms with Crippen molar-refractivity contribution in [1.82, 2.24) is 0 Å². The Morgan fingerprint density at radius 3 is 2.65 bits per heavy atom. The maximum atomic E-state index is 11.9. The lowest BCUT2D eigenvalue weighted by molar-refractivity contribution is -0.138. The average Bonchev–Trinajstić information content (AvgIpc) is 2.42. The predicted molar refractivity (Wildman–Crippen MR) is 82.3 cm³/mol. The fourth-order valence-electron chi connectivity index (χ4n) is 4.24. The van der Waals surface area contributed by atoms with Gasteiger partial charge in [0.1, 0.15) is 0 Å². The van der Waals surface area contributed by atoms with Crippen LogP contribution in [0.25, 0.3) is 0 Å². The fraction of sp³-hybridized carbons (Fsp3) is 0.833. The summed E-state index contributed by atoms with van der Waals surface area (Å²) in [5, 5.41) is 0. The summed E-state index contributed by atoms with van der Waals surface area (Å²) in [5.41, 5.74) is 2.62. The minimum absolute atomic E-state index is 0.109. The number of hydrogen-bond donors (Lipinski definition) is 0. The van der Waals surface area contributed by atoms with E-state index in [1.165, 1.54) is 24.8 Å². The van der Waals surface area contributed by atoms with Crippen molar-refractivity contribution in [3.05, 3.63) is 11.1 Å². The Hall–Kier alpha value is -0.790. The number of hydrogen-bond acceptors (Lipinski definition) is 2. The number of esters is 1. The summed E-state index contributed by atoms with van der Waals surface area (Å²) in [6.07, 6.45) is 6.20. The van der Waals surface area contributed by atoms with Crippen molar-refractivity contribution >= 4 is 5.97 Å². The molecule has 0 aliphatic heterocycles. The lowest BCUT2D eigenvalue weighted by Gasteiger charge is -2.51. The summed E-state index contributed by atoms with van der Waals surface area (Å²) in [5.74, 6) is 2.27. The van der Waals surface area contributed by atoms with Crippen molar-refractivity contribution in [3.63, 3.8) is 0 Å². The Bertz CT molecular complexity index is 406. The molecule has 2 saturated carbocycles. The molecule has 0 bridgehead atoms. The third kappa shape index (κ3) is 2.80. The van der Waals surface area contributed by atoms with Gasteiger partial charge >= 0.3 is 5.97 Å². The normalized spacial score (nSPS) is 35.1. The maximum Gasteiger partial charge on any atom is 0.333 e. The molecule has 0 aromatic heterocycles. The minimum Gasteiger partial charge on any atom is -0.463 e. The lowest BCUT2D eigenvalue weighted by Crippen LogP contribution is -2.42. The van der Waals surface area contributed by atoms with Gasteiger partial charge in [-0.2, -0.15) is 0 Å². The maximum absolute atomic E-state index is 11.9. The molecule has 3 unspecified atom stereocenters. The molecule has 2 aliphatic carbocycles. The van der Waals surface area contributed by atoms with Crippen LogP contribution in [0.15, 0.2) is 11.1 Å². The highest BCUT2D eigenvalue weighted by Crippen LogP contribution is 2.54. The first kappa shape index (κ1) is 15.6.